The molecule has 1 fully saturated rings. The minimum Gasteiger partial charge on any atom is -0.398 e. The van der Waals surface area contributed by atoms with Crippen LogP contribution < -0.4 is 5.73 Å². The second kappa shape index (κ2) is 5.47. The summed E-state index contributed by atoms with van der Waals surface area (Å²) in [6, 6.07) is 4.73. The highest BCUT2D eigenvalue weighted by molar-refractivity contribution is 5.46. The summed E-state index contributed by atoms with van der Waals surface area (Å²) >= 11 is 0. The number of nitrogens with zero attached hydrogens (tertiary/aromatic N) is 1. The highest BCUT2D eigenvalue weighted by Crippen LogP contribution is 2.22. The van der Waals surface area contributed by atoms with Crippen LogP contribution >= 0.6 is 0 Å². The number of nitrogens with two attached hydrogens (primary N) is 1. The van der Waals surface area contributed by atoms with E-state index < -0.39 is 0 Å². The lowest BCUT2D eigenvalue weighted by Gasteiger charge is -2.34. The van der Waals surface area contributed by atoms with Gasteiger partial charge in [-0.25, -0.2) is 4.39 Å². The van der Waals surface area contributed by atoms with Gasteiger partial charge in [-0.1, -0.05) is 12.5 Å². The molecule has 0 aromatic heterocycles. The molecular formula is C13H19FN2O. The lowest BCUT2D eigenvalue weighted by atomic mass is 10.0. The van der Waals surface area contributed by atoms with E-state index in [1.165, 1.54) is 18.6 Å². The first kappa shape index (κ1) is 12.3. The lowest BCUT2D eigenvalue weighted by molar-refractivity contribution is 0.0843. The van der Waals surface area contributed by atoms with Crippen LogP contribution in [0.15, 0.2) is 18.2 Å². The van der Waals surface area contributed by atoms with Gasteiger partial charge >= 0.3 is 0 Å². The van der Waals surface area contributed by atoms with Crippen molar-refractivity contribution in [3.8, 4) is 0 Å². The van der Waals surface area contributed by atoms with Gasteiger partial charge in [-0.15, -0.1) is 0 Å². The standard InChI is InChI=1S/C13H19FN2O/c14-11-5-4-10(13(15)7-11)8-16-6-2-1-3-12(16)9-17/h4-5,7,12,17H,1-3,6,8-9,15H2. The lowest BCUT2D eigenvalue weighted by Crippen LogP contribution is -2.41. The van der Waals surface area contributed by atoms with Gasteiger partial charge in [0.05, 0.1) is 6.61 Å². The summed E-state index contributed by atoms with van der Waals surface area (Å²) < 4.78 is 12.9. The third-order valence-electron chi connectivity index (χ3n) is 3.44. The van der Waals surface area contributed by atoms with Crippen molar-refractivity contribution in [1.82, 2.24) is 4.90 Å². The third-order valence-corrected chi connectivity index (χ3v) is 3.44. The zero-order valence-electron chi connectivity index (χ0n) is 9.90. The van der Waals surface area contributed by atoms with Gasteiger partial charge in [0.15, 0.2) is 0 Å². The molecule has 3 N–H and O–H groups in total. The predicted octanol–water partition coefficient (Wildman–Crippen LogP) is 1.75. The summed E-state index contributed by atoms with van der Waals surface area (Å²) in [7, 11) is 0. The Hall–Kier alpha value is -1.13. The molecule has 1 atom stereocenters. The van der Waals surface area contributed by atoms with Crippen LogP contribution in [0.2, 0.25) is 0 Å². The van der Waals surface area contributed by atoms with Gasteiger partial charge in [-0.2, -0.15) is 0 Å². The van der Waals surface area contributed by atoms with Crippen LogP contribution in [0.1, 0.15) is 24.8 Å². The molecule has 1 aliphatic heterocycles. The van der Waals surface area contributed by atoms with E-state index in [1.807, 2.05) is 0 Å². The van der Waals surface area contributed by atoms with Gasteiger partial charge in [0, 0.05) is 18.3 Å². The summed E-state index contributed by atoms with van der Waals surface area (Å²) in [5.41, 5.74) is 7.23. The number of piperidine rings is 1. The highest BCUT2D eigenvalue weighted by atomic mass is 19.1. The highest BCUT2D eigenvalue weighted by Gasteiger charge is 2.22. The van der Waals surface area contributed by atoms with Crippen molar-refractivity contribution in [2.45, 2.75) is 31.8 Å². The van der Waals surface area contributed by atoms with Crippen molar-refractivity contribution in [1.29, 1.82) is 0 Å². The fourth-order valence-corrected chi connectivity index (χ4v) is 2.40. The number of benzene rings is 1. The van der Waals surface area contributed by atoms with E-state index in [1.54, 1.807) is 6.07 Å². The first-order valence-electron chi connectivity index (χ1n) is 6.09. The van der Waals surface area contributed by atoms with E-state index in [9.17, 15) is 9.50 Å². The van der Waals surface area contributed by atoms with E-state index in [-0.39, 0.29) is 18.5 Å². The first-order valence-corrected chi connectivity index (χ1v) is 6.09. The van der Waals surface area contributed by atoms with Gasteiger partial charge in [0.25, 0.3) is 0 Å². The van der Waals surface area contributed by atoms with E-state index in [2.05, 4.69) is 4.90 Å². The molecule has 1 aliphatic rings. The average Bonchev–Trinajstić information content (AvgIpc) is 2.33. The van der Waals surface area contributed by atoms with Crippen molar-refractivity contribution in [2.75, 3.05) is 18.9 Å². The van der Waals surface area contributed by atoms with Crippen LogP contribution in [0.4, 0.5) is 10.1 Å². The maximum Gasteiger partial charge on any atom is 0.125 e. The number of aliphatic hydroxyl groups excluding tert-OH is 1. The molecule has 1 heterocycles. The van der Waals surface area contributed by atoms with E-state index in [0.717, 1.165) is 24.9 Å². The van der Waals surface area contributed by atoms with E-state index in [4.69, 9.17) is 5.73 Å². The Kier molecular flexibility index (Phi) is 3.97. The van der Waals surface area contributed by atoms with Crippen molar-refractivity contribution in [2.24, 2.45) is 0 Å². The van der Waals surface area contributed by atoms with E-state index >= 15 is 0 Å². The predicted molar refractivity (Wildman–Crippen MR) is 65.9 cm³/mol. The van der Waals surface area contributed by atoms with Crippen LogP contribution in [0, 0.1) is 5.82 Å². The third kappa shape index (κ3) is 2.96. The molecule has 0 amide bonds. The monoisotopic (exact) mass is 238 g/mol. The second-order valence-electron chi connectivity index (χ2n) is 4.65. The summed E-state index contributed by atoms with van der Waals surface area (Å²) in [6.45, 7) is 1.85. The minimum absolute atomic E-state index is 0.182. The Balaban J connectivity index is 2.08. The molecule has 0 radical (unpaired) electrons. The Labute approximate surface area is 101 Å². The number of anilines is 1. The van der Waals surface area contributed by atoms with Crippen molar-refractivity contribution in [3.05, 3.63) is 29.6 Å². The smallest absolute Gasteiger partial charge is 0.125 e. The van der Waals surface area contributed by atoms with Gasteiger partial charge in [-0.3, -0.25) is 4.90 Å². The summed E-state index contributed by atoms with van der Waals surface area (Å²) in [6.07, 6.45) is 3.34. The van der Waals surface area contributed by atoms with Gasteiger partial charge in [-0.05, 0) is 37.1 Å². The minimum atomic E-state index is -0.302. The molecule has 0 aliphatic carbocycles. The molecule has 1 unspecified atom stereocenters. The first-order chi connectivity index (χ1) is 8.20. The average molecular weight is 238 g/mol. The molecule has 0 saturated carbocycles. The molecular weight excluding hydrogens is 219 g/mol. The molecule has 17 heavy (non-hydrogen) atoms. The SMILES string of the molecule is Nc1cc(F)ccc1CN1CCCCC1CO. The molecule has 4 heteroatoms. The van der Waals surface area contributed by atoms with E-state index in [0.29, 0.717) is 12.2 Å². The number of likely N-dealkylation sites (tertiary alicyclic amines) is 1. The Morgan fingerprint density at radius 3 is 2.94 bits per heavy atom. The van der Waals surface area contributed by atoms with Gasteiger partial charge in [0.2, 0.25) is 0 Å². The Morgan fingerprint density at radius 1 is 1.41 bits per heavy atom. The maximum atomic E-state index is 12.9. The number of rotatable bonds is 3. The number of hydrogen-bond donors (Lipinski definition) is 2. The quantitative estimate of drug-likeness (QED) is 0.789. The summed E-state index contributed by atoms with van der Waals surface area (Å²) in [5.74, 6) is -0.302. The Morgan fingerprint density at radius 2 is 2.24 bits per heavy atom. The zero-order chi connectivity index (χ0) is 12.3. The molecule has 1 aromatic rings. The number of halogens is 1. The fourth-order valence-electron chi connectivity index (χ4n) is 2.40. The largest absolute Gasteiger partial charge is 0.398 e. The molecule has 1 aromatic carbocycles. The molecule has 94 valence electrons. The summed E-state index contributed by atoms with van der Waals surface area (Å²) in [5, 5.41) is 9.32. The molecule has 1 saturated heterocycles. The molecule has 3 nitrogen and oxygen atoms in total. The second-order valence-corrected chi connectivity index (χ2v) is 4.65. The Bertz CT molecular complexity index is 384. The number of aliphatic hydroxyl groups is 1. The van der Waals surface area contributed by atoms with Crippen LogP contribution in [-0.4, -0.2) is 29.2 Å². The summed E-state index contributed by atoms with van der Waals surface area (Å²) in [4.78, 5) is 2.23. The van der Waals surface area contributed by atoms with Gasteiger partial charge < -0.3 is 10.8 Å². The van der Waals surface area contributed by atoms with Gasteiger partial charge in [0.1, 0.15) is 5.82 Å². The van der Waals surface area contributed by atoms with Crippen molar-refractivity contribution < 1.29 is 9.50 Å². The van der Waals surface area contributed by atoms with Crippen LogP contribution in [-0.2, 0) is 6.54 Å². The molecule has 0 bridgehead atoms. The van der Waals surface area contributed by atoms with Crippen LogP contribution in [0.25, 0.3) is 0 Å². The normalized spacial score (nSPS) is 21.6. The number of nitrogen functional groups attached to an aromatic ring is 1. The topological polar surface area (TPSA) is 49.5 Å². The molecule has 2 rings (SSSR count). The fraction of sp³-hybridized carbons (Fsp3) is 0.538. The van der Waals surface area contributed by atoms with Crippen LogP contribution in [0.5, 0.6) is 0 Å². The zero-order valence-corrected chi connectivity index (χ0v) is 9.90. The van der Waals surface area contributed by atoms with Crippen molar-refractivity contribution in [3.63, 3.8) is 0 Å². The maximum absolute atomic E-state index is 12.9. The van der Waals surface area contributed by atoms with Crippen molar-refractivity contribution >= 4 is 5.69 Å². The molecule has 0 spiro atoms. The number of hydrogen-bond acceptors (Lipinski definition) is 3. The van der Waals surface area contributed by atoms with Crippen LogP contribution in [0.3, 0.4) is 0 Å².